The molecule has 1 nitrogen and oxygen atoms in total. The molecule has 1 aromatic carbocycles. The van der Waals surface area contributed by atoms with Crippen molar-refractivity contribution in [2.45, 2.75) is 6.61 Å². The molecule has 0 bridgehead atoms. The van der Waals surface area contributed by atoms with Crippen LogP contribution in [0.1, 0.15) is 5.56 Å². The third-order valence-electron chi connectivity index (χ3n) is 1.47. The van der Waals surface area contributed by atoms with Gasteiger partial charge in [0.2, 0.25) is 0 Å². The summed E-state index contributed by atoms with van der Waals surface area (Å²) in [6, 6.07) is 3.30. The lowest BCUT2D eigenvalue weighted by Gasteiger charge is -2.09. The van der Waals surface area contributed by atoms with Crippen LogP contribution in [0.2, 0.25) is 0 Å². The Hall–Kier alpha value is -0.170. The number of hydrogen-bond acceptors (Lipinski definition) is 1. The Morgan fingerprint density at radius 1 is 1.50 bits per heavy atom. The molecule has 0 unspecified atom stereocenters. The van der Waals surface area contributed by atoms with Crippen molar-refractivity contribution in [3.05, 3.63) is 32.3 Å². The SMILES string of the molecule is C=Cc1cc(Br)c(I)c(OC(F)F)c1. The molecule has 0 atom stereocenters. The number of alkyl halides is 2. The van der Waals surface area contributed by atoms with Crippen LogP contribution in [0.3, 0.4) is 0 Å². The molecule has 0 N–H and O–H groups in total. The standard InChI is InChI=1S/C9H6BrF2IO/c1-2-5-3-6(10)8(13)7(4-5)14-9(11)12/h2-4,9H,1H2. The number of hydrogen-bond donors (Lipinski definition) is 0. The van der Waals surface area contributed by atoms with E-state index in [1.807, 2.05) is 22.6 Å². The van der Waals surface area contributed by atoms with Crippen molar-refractivity contribution in [1.82, 2.24) is 0 Å². The van der Waals surface area contributed by atoms with Crippen molar-refractivity contribution in [2.24, 2.45) is 0 Å². The summed E-state index contributed by atoms with van der Waals surface area (Å²) in [5, 5.41) is 0. The second kappa shape index (κ2) is 5.06. The van der Waals surface area contributed by atoms with E-state index in [9.17, 15) is 8.78 Å². The molecular formula is C9H6BrF2IO. The summed E-state index contributed by atoms with van der Waals surface area (Å²) in [5.41, 5.74) is 0.730. The second-order valence-electron chi connectivity index (χ2n) is 2.40. The quantitative estimate of drug-likeness (QED) is 0.717. The smallest absolute Gasteiger partial charge is 0.387 e. The molecule has 0 aromatic heterocycles. The van der Waals surface area contributed by atoms with Gasteiger partial charge in [0.1, 0.15) is 5.75 Å². The van der Waals surface area contributed by atoms with Gasteiger partial charge in [0, 0.05) is 4.47 Å². The molecule has 5 heteroatoms. The molecule has 14 heavy (non-hydrogen) atoms. The maximum absolute atomic E-state index is 12.0. The van der Waals surface area contributed by atoms with Gasteiger partial charge in [-0.3, -0.25) is 0 Å². The van der Waals surface area contributed by atoms with Crippen molar-refractivity contribution in [3.63, 3.8) is 0 Å². The number of benzene rings is 1. The first-order valence-corrected chi connectivity index (χ1v) is 5.48. The monoisotopic (exact) mass is 374 g/mol. The summed E-state index contributed by atoms with van der Waals surface area (Å²) in [5.74, 6) is 0.157. The molecule has 0 saturated heterocycles. The highest BCUT2D eigenvalue weighted by molar-refractivity contribution is 14.1. The molecule has 0 aliphatic heterocycles. The number of rotatable bonds is 3. The lowest BCUT2D eigenvalue weighted by atomic mass is 10.2. The highest BCUT2D eigenvalue weighted by Gasteiger charge is 2.11. The molecule has 1 aromatic rings. The topological polar surface area (TPSA) is 9.23 Å². The predicted octanol–water partition coefficient (Wildman–Crippen LogP) is 4.30. The maximum Gasteiger partial charge on any atom is 0.387 e. The van der Waals surface area contributed by atoms with Gasteiger partial charge in [-0.2, -0.15) is 8.78 Å². The van der Waals surface area contributed by atoms with Crippen LogP contribution in [-0.4, -0.2) is 6.61 Å². The summed E-state index contributed by atoms with van der Waals surface area (Å²) < 4.78 is 29.7. The first-order chi connectivity index (χ1) is 6.54. The van der Waals surface area contributed by atoms with E-state index in [-0.39, 0.29) is 5.75 Å². The maximum atomic E-state index is 12.0. The van der Waals surface area contributed by atoms with Crippen molar-refractivity contribution in [2.75, 3.05) is 0 Å². The fraction of sp³-hybridized carbons (Fsp3) is 0.111. The largest absolute Gasteiger partial charge is 0.434 e. The average molecular weight is 375 g/mol. The molecule has 0 radical (unpaired) electrons. The van der Waals surface area contributed by atoms with Gasteiger partial charge in [-0.25, -0.2) is 0 Å². The number of ether oxygens (including phenoxy) is 1. The molecule has 0 aliphatic rings. The van der Waals surface area contributed by atoms with Gasteiger partial charge in [0.25, 0.3) is 0 Å². The van der Waals surface area contributed by atoms with Crippen molar-refractivity contribution in [3.8, 4) is 5.75 Å². The van der Waals surface area contributed by atoms with Gasteiger partial charge in [0.05, 0.1) is 3.57 Å². The Bertz CT molecular complexity index is 355. The van der Waals surface area contributed by atoms with E-state index in [0.717, 1.165) is 5.56 Å². The van der Waals surface area contributed by atoms with E-state index in [0.29, 0.717) is 8.04 Å². The Labute approximate surface area is 102 Å². The third-order valence-corrected chi connectivity index (χ3v) is 3.95. The van der Waals surface area contributed by atoms with E-state index in [2.05, 4.69) is 27.2 Å². The van der Waals surface area contributed by atoms with E-state index in [1.54, 1.807) is 12.1 Å². The van der Waals surface area contributed by atoms with Crippen molar-refractivity contribution < 1.29 is 13.5 Å². The fourth-order valence-corrected chi connectivity index (χ4v) is 1.78. The van der Waals surface area contributed by atoms with Crippen LogP contribution in [0.4, 0.5) is 8.78 Å². The Morgan fingerprint density at radius 2 is 2.14 bits per heavy atom. The molecule has 1 rings (SSSR count). The zero-order chi connectivity index (χ0) is 10.7. The van der Waals surface area contributed by atoms with Gasteiger partial charge in [-0.1, -0.05) is 12.7 Å². The highest BCUT2D eigenvalue weighted by Crippen LogP contribution is 2.31. The molecular weight excluding hydrogens is 369 g/mol. The molecule has 0 heterocycles. The van der Waals surface area contributed by atoms with Crippen LogP contribution in [0.5, 0.6) is 5.75 Å². The average Bonchev–Trinajstić information content (AvgIpc) is 2.11. The summed E-state index contributed by atoms with van der Waals surface area (Å²) >= 11 is 5.18. The summed E-state index contributed by atoms with van der Waals surface area (Å²) in [6.45, 7) is 0.746. The zero-order valence-electron chi connectivity index (χ0n) is 6.94. The minimum absolute atomic E-state index is 0.157. The van der Waals surface area contributed by atoms with Crippen LogP contribution >= 0.6 is 38.5 Å². The third kappa shape index (κ3) is 2.91. The summed E-state index contributed by atoms with van der Waals surface area (Å²) in [4.78, 5) is 0. The minimum Gasteiger partial charge on any atom is -0.434 e. The number of halogens is 4. The van der Waals surface area contributed by atoms with Crippen LogP contribution in [0.15, 0.2) is 23.2 Å². The fourth-order valence-electron chi connectivity index (χ4n) is 0.883. The first kappa shape index (κ1) is 11.9. The van der Waals surface area contributed by atoms with E-state index >= 15 is 0 Å². The molecule has 0 spiro atoms. The predicted molar refractivity (Wildman–Crippen MR) is 63.6 cm³/mol. The van der Waals surface area contributed by atoms with Crippen molar-refractivity contribution >= 4 is 44.6 Å². The Morgan fingerprint density at radius 3 is 2.64 bits per heavy atom. The van der Waals surface area contributed by atoms with Gasteiger partial charge in [-0.15, -0.1) is 0 Å². The van der Waals surface area contributed by atoms with Gasteiger partial charge in [-0.05, 0) is 56.2 Å². The van der Waals surface area contributed by atoms with Gasteiger partial charge in [0.15, 0.2) is 0 Å². The highest BCUT2D eigenvalue weighted by atomic mass is 127. The van der Waals surface area contributed by atoms with E-state index in [1.165, 1.54) is 6.07 Å². The van der Waals surface area contributed by atoms with Gasteiger partial charge >= 0.3 is 6.61 Å². The van der Waals surface area contributed by atoms with E-state index in [4.69, 9.17) is 0 Å². The van der Waals surface area contributed by atoms with Crippen LogP contribution in [-0.2, 0) is 0 Å². The summed E-state index contributed by atoms with van der Waals surface area (Å²) in [7, 11) is 0. The Kier molecular flexibility index (Phi) is 4.31. The lowest BCUT2D eigenvalue weighted by molar-refractivity contribution is -0.0504. The van der Waals surface area contributed by atoms with Crippen LogP contribution < -0.4 is 4.74 Å². The van der Waals surface area contributed by atoms with Gasteiger partial charge < -0.3 is 4.74 Å². The second-order valence-corrected chi connectivity index (χ2v) is 4.33. The molecule has 0 saturated carbocycles. The molecule has 76 valence electrons. The molecule has 0 aliphatic carbocycles. The van der Waals surface area contributed by atoms with Crippen LogP contribution in [0.25, 0.3) is 6.08 Å². The minimum atomic E-state index is -2.81. The Balaban J connectivity index is 3.13. The molecule has 0 fully saturated rings. The van der Waals surface area contributed by atoms with E-state index < -0.39 is 6.61 Å². The lowest BCUT2D eigenvalue weighted by Crippen LogP contribution is -2.03. The van der Waals surface area contributed by atoms with Crippen molar-refractivity contribution in [1.29, 1.82) is 0 Å². The van der Waals surface area contributed by atoms with Crippen LogP contribution in [0, 0.1) is 3.57 Å². The normalized spacial score (nSPS) is 10.4. The molecule has 0 amide bonds. The zero-order valence-corrected chi connectivity index (χ0v) is 10.7. The summed E-state index contributed by atoms with van der Waals surface area (Å²) in [6.07, 6.45) is 1.57. The first-order valence-electron chi connectivity index (χ1n) is 3.61.